The SMILES string of the molecule is Cc1cc(Nc2ncnc3ccc([N+](=O)[O-])cc23)ccc1Oc1ccn2cnnc2c1. The first kappa shape index (κ1) is 18.4. The Morgan fingerprint density at radius 2 is 2.00 bits per heavy atom. The fraction of sp³-hybridized carbons (Fsp3) is 0.0476. The number of nitrogens with zero attached hydrogens (tertiary/aromatic N) is 6. The van der Waals surface area contributed by atoms with Crippen molar-refractivity contribution < 1.29 is 9.66 Å². The van der Waals surface area contributed by atoms with Crippen molar-refractivity contribution in [2.45, 2.75) is 6.92 Å². The number of aryl methyl sites for hydroxylation is 1. The number of non-ortho nitro benzene ring substituents is 1. The summed E-state index contributed by atoms with van der Waals surface area (Å²) in [5.41, 5.74) is 2.96. The summed E-state index contributed by atoms with van der Waals surface area (Å²) < 4.78 is 7.79. The Hall–Kier alpha value is -4.60. The standard InChI is InChI=1S/C21H15N7O3/c1-13-8-14(2-5-19(13)31-16-6-7-27-12-24-26-20(27)10-16)25-21-17-9-15(28(29)30)3-4-18(17)22-11-23-21/h2-12H,1H3,(H,22,23,25). The average Bonchev–Trinajstić information content (AvgIpc) is 3.23. The van der Waals surface area contributed by atoms with Crippen LogP contribution >= 0.6 is 0 Å². The molecule has 5 aromatic rings. The van der Waals surface area contributed by atoms with Crippen molar-refractivity contribution in [3.8, 4) is 11.5 Å². The molecule has 0 spiro atoms. The summed E-state index contributed by atoms with van der Waals surface area (Å²) >= 11 is 0. The molecule has 1 N–H and O–H groups in total. The summed E-state index contributed by atoms with van der Waals surface area (Å²) in [7, 11) is 0. The number of nitro benzene ring substituents is 1. The van der Waals surface area contributed by atoms with Gasteiger partial charge in [-0.3, -0.25) is 14.5 Å². The number of nitrogens with one attached hydrogen (secondary N) is 1. The van der Waals surface area contributed by atoms with Gasteiger partial charge in [0.05, 0.1) is 10.4 Å². The maximum Gasteiger partial charge on any atom is 0.270 e. The van der Waals surface area contributed by atoms with E-state index in [1.54, 1.807) is 22.9 Å². The van der Waals surface area contributed by atoms with Crippen LogP contribution in [0.3, 0.4) is 0 Å². The average molecular weight is 413 g/mol. The van der Waals surface area contributed by atoms with Gasteiger partial charge in [0.25, 0.3) is 5.69 Å². The second kappa shape index (κ2) is 7.34. The normalized spacial score (nSPS) is 11.0. The van der Waals surface area contributed by atoms with E-state index in [1.165, 1.54) is 18.5 Å². The van der Waals surface area contributed by atoms with Crippen molar-refractivity contribution in [1.82, 2.24) is 24.6 Å². The van der Waals surface area contributed by atoms with Gasteiger partial charge in [0.1, 0.15) is 30.0 Å². The Bertz CT molecular complexity index is 1450. The van der Waals surface area contributed by atoms with Crippen LogP contribution < -0.4 is 10.1 Å². The molecule has 0 aliphatic rings. The molecule has 3 heterocycles. The van der Waals surface area contributed by atoms with Gasteiger partial charge in [-0.25, -0.2) is 9.97 Å². The van der Waals surface area contributed by atoms with Crippen LogP contribution in [-0.4, -0.2) is 29.5 Å². The zero-order chi connectivity index (χ0) is 21.4. The van der Waals surface area contributed by atoms with E-state index < -0.39 is 4.92 Å². The van der Waals surface area contributed by atoms with Crippen LogP contribution in [0.1, 0.15) is 5.56 Å². The first-order valence-corrected chi connectivity index (χ1v) is 9.31. The van der Waals surface area contributed by atoms with Crippen molar-refractivity contribution in [3.63, 3.8) is 0 Å². The summed E-state index contributed by atoms with van der Waals surface area (Å²) in [6.45, 7) is 1.93. The molecule has 0 aliphatic carbocycles. The minimum atomic E-state index is -0.441. The minimum absolute atomic E-state index is 0.0186. The summed E-state index contributed by atoms with van der Waals surface area (Å²) in [5.74, 6) is 1.83. The number of benzene rings is 2. The molecule has 0 unspecified atom stereocenters. The quantitative estimate of drug-likeness (QED) is 0.332. The Kier molecular flexibility index (Phi) is 4.36. The second-order valence-corrected chi connectivity index (χ2v) is 6.85. The molecular weight excluding hydrogens is 398 g/mol. The highest BCUT2D eigenvalue weighted by Crippen LogP contribution is 2.31. The van der Waals surface area contributed by atoms with Gasteiger partial charge in [-0.05, 0) is 42.8 Å². The molecule has 0 radical (unpaired) electrons. The van der Waals surface area contributed by atoms with E-state index in [4.69, 9.17) is 4.74 Å². The van der Waals surface area contributed by atoms with Gasteiger partial charge in [-0.15, -0.1) is 10.2 Å². The van der Waals surface area contributed by atoms with Crippen molar-refractivity contribution in [2.24, 2.45) is 0 Å². The van der Waals surface area contributed by atoms with Gasteiger partial charge < -0.3 is 10.1 Å². The Morgan fingerprint density at radius 3 is 2.84 bits per heavy atom. The molecule has 0 atom stereocenters. The van der Waals surface area contributed by atoms with E-state index in [2.05, 4.69) is 25.5 Å². The van der Waals surface area contributed by atoms with E-state index in [1.807, 2.05) is 37.4 Å². The molecule has 0 bridgehead atoms. The Balaban J connectivity index is 1.42. The molecule has 10 heteroatoms. The number of rotatable bonds is 5. The van der Waals surface area contributed by atoms with Crippen LogP contribution in [0.5, 0.6) is 11.5 Å². The maximum atomic E-state index is 11.1. The Morgan fingerprint density at radius 1 is 1.10 bits per heavy atom. The number of hydrogen-bond acceptors (Lipinski definition) is 8. The third kappa shape index (κ3) is 3.57. The molecule has 0 fully saturated rings. The zero-order valence-electron chi connectivity index (χ0n) is 16.3. The number of hydrogen-bond donors (Lipinski definition) is 1. The van der Waals surface area contributed by atoms with Crippen LogP contribution in [0.2, 0.25) is 0 Å². The molecule has 3 aromatic heterocycles. The molecule has 10 nitrogen and oxygen atoms in total. The van der Waals surface area contributed by atoms with Crippen molar-refractivity contribution in [2.75, 3.05) is 5.32 Å². The lowest BCUT2D eigenvalue weighted by atomic mass is 10.1. The van der Waals surface area contributed by atoms with Crippen molar-refractivity contribution >= 4 is 33.7 Å². The number of anilines is 2. The number of nitro groups is 1. The summed E-state index contributed by atoms with van der Waals surface area (Å²) in [5, 5.41) is 22.8. The monoisotopic (exact) mass is 413 g/mol. The third-order valence-electron chi connectivity index (χ3n) is 4.77. The first-order chi connectivity index (χ1) is 15.1. The molecule has 0 aliphatic heterocycles. The fourth-order valence-corrected chi connectivity index (χ4v) is 3.23. The second-order valence-electron chi connectivity index (χ2n) is 6.85. The molecule has 152 valence electrons. The van der Waals surface area contributed by atoms with Crippen LogP contribution in [0.4, 0.5) is 17.2 Å². The van der Waals surface area contributed by atoms with Gasteiger partial charge in [0, 0.05) is 35.5 Å². The van der Waals surface area contributed by atoms with E-state index in [0.717, 1.165) is 11.3 Å². The van der Waals surface area contributed by atoms with Crippen molar-refractivity contribution in [1.29, 1.82) is 0 Å². The van der Waals surface area contributed by atoms with E-state index in [-0.39, 0.29) is 5.69 Å². The molecular formula is C21H15N7O3. The first-order valence-electron chi connectivity index (χ1n) is 9.31. The highest BCUT2D eigenvalue weighted by molar-refractivity contribution is 5.92. The highest BCUT2D eigenvalue weighted by atomic mass is 16.6. The predicted molar refractivity (Wildman–Crippen MR) is 114 cm³/mol. The summed E-state index contributed by atoms with van der Waals surface area (Å²) in [6, 6.07) is 13.7. The van der Waals surface area contributed by atoms with Gasteiger partial charge in [0.2, 0.25) is 0 Å². The van der Waals surface area contributed by atoms with Gasteiger partial charge in [-0.1, -0.05) is 0 Å². The lowest BCUT2D eigenvalue weighted by Crippen LogP contribution is -1.98. The topological polar surface area (TPSA) is 120 Å². The molecule has 0 saturated carbocycles. The lowest BCUT2D eigenvalue weighted by molar-refractivity contribution is -0.384. The van der Waals surface area contributed by atoms with E-state index >= 15 is 0 Å². The maximum absolute atomic E-state index is 11.1. The molecule has 0 amide bonds. The summed E-state index contributed by atoms with van der Waals surface area (Å²) in [6.07, 6.45) is 4.87. The summed E-state index contributed by atoms with van der Waals surface area (Å²) in [4.78, 5) is 19.1. The Labute approximate surface area is 175 Å². The van der Waals surface area contributed by atoms with Crippen LogP contribution in [-0.2, 0) is 0 Å². The molecule has 0 saturated heterocycles. The van der Waals surface area contributed by atoms with Gasteiger partial charge >= 0.3 is 0 Å². The van der Waals surface area contributed by atoms with Gasteiger partial charge in [-0.2, -0.15) is 0 Å². The number of fused-ring (bicyclic) bond motifs is 2. The number of pyridine rings is 1. The van der Waals surface area contributed by atoms with Gasteiger partial charge in [0.15, 0.2) is 5.65 Å². The number of aromatic nitrogens is 5. The van der Waals surface area contributed by atoms with E-state index in [0.29, 0.717) is 33.9 Å². The fourth-order valence-electron chi connectivity index (χ4n) is 3.23. The largest absolute Gasteiger partial charge is 0.457 e. The zero-order valence-corrected chi connectivity index (χ0v) is 16.3. The number of ether oxygens (including phenoxy) is 1. The molecule has 5 rings (SSSR count). The smallest absolute Gasteiger partial charge is 0.270 e. The third-order valence-corrected chi connectivity index (χ3v) is 4.77. The van der Waals surface area contributed by atoms with Crippen LogP contribution in [0.25, 0.3) is 16.6 Å². The van der Waals surface area contributed by atoms with Crippen molar-refractivity contribution in [3.05, 3.63) is 83.1 Å². The predicted octanol–water partition coefficient (Wildman–Crippen LogP) is 4.43. The van der Waals surface area contributed by atoms with Crippen LogP contribution in [0, 0.1) is 17.0 Å². The lowest BCUT2D eigenvalue weighted by Gasteiger charge is -2.12. The molecule has 31 heavy (non-hydrogen) atoms. The molecule has 2 aromatic carbocycles. The van der Waals surface area contributed by atoms with Crippen LogP contribution in [0.15, 0.2) is 67.4 Å². The highest BCUT2D eigenvalue weighted by Gasteiger charge is 2.12. The minimum Gasteiger partial charge on any atom is -0.457 e. The van der Waals surface area contributed by atoms with E-state index in [9.17, 15) is 10.1 Å².